The zero-order valence-electron chi connectivity index (χ0n) is 18.0. The Bertz CT molecular complexity index is 995. The van der Waals surface area contributed by atoms with Crippen molar-refractivity contribution in [3.05, 3.63) is 101 Å². The summed E-state index contributed by atoms with van der Waals surface area (Å²) < 4.78 is 6.67. The summed E-state index contributed by atoms with van der Waals surface area (Å²) in [5.41, 5.74) is 1.92. The first-order chi connectivity index (χ1) is 15.6. The third-order valence-electron chi connectivity index (χ3n) is 4.99. The molecular formula is C26H27BrN2O3. The third kappa shape index (κ3) is 6.95. The summed E-state index contributed by atoms with van der Waals surface area (Å²) in [6, 6.07) is 26.0. The topological polar surface area (TPSA) is 58.6 Å². The van der Waals surface area contributed by atoms with Gasteiger partial charge in [0.15, 0.2) is 6.61 Å². The number of likely N-dealkylation sites (N-methyl/N-ethyl adjacent to an activating group) is 1. The number of ether oxygens (including phenoxy) is 1. The van der Waals surface area contributed by atoms with Crippen LogP contribution in [0.15, 0.2) is 89.4 Å². The molecule has 3 aromatic carbocycles. The van der Waals surface area contributed by atoms with Gasteiger partial charge in [0, 0.05) is 24.0 Å². The standard InChI is InChI=1S/C26H27BrN2O3/c1-2-28-26(31)24(17-20-9-5-3-6-10-20)29(18-21-13-15-22(27)16-14-21)25(30)19-32-23-11-7-4-8-12-23/h3-16,24H,2,17-19H2,1H3,(H,28,31)/t24-/m0/s1. The Labute approximate surface area is 197 Å². The van der Waals surface area contributed by atoms with Crippen LogP contribution in [-0.2, 0) is 22.6 Å². The molecule has 32 heavy (non-hydrogen) atoms. The maximum absolute atomic E-state index is 13.3. The highest BCUT2D eigenvalue weighted by molar-refractivity contribution is 9.10. The minimum Gasteiger partial charge on any atom is -0.484 e. The highest BCUT2D eigenvalue weighted by Gasteiger charge is 2.30. The molecule has 0 saturated carbocycles. The predicted octanol–water partition coefficient (Wildman–Crippen LogP) is 4.60. The lowest BCUT2D eigenvalue weighted by Gasteiger charge is -2.31. The van der Waals surface area contributed by atoms with E-state index >= 15 is 0 Å². The molecule has 2 amide bonds. The van der Waals surface area contributed by atoms with Crippen LogP contribution in [0.5, 0.6) is 5.75 Å². The van der Waals surface area contributed by atoms with Crippen molar-refractivity contribution in [3.8, 4) is 5.75 Å². The van der Waals surface area contributed by atoms with Crippen LogP contribution in [-0.4, -0.2) is 35.9 Å². The molecule has 0 aliphatic rings. The Morgan fingerprint density at radius 1 is 0.906 bits per heavy atom. The van der Waals surface area contributed by atoms with Gasteiger partial charge in [0.05, 0.1) is 0 Å². The number of nitrogens with one attached hydrogen (secondary N) is 1. The highest BCUT2D eigenvalue weighted by atomic mass is 79.9. The van der Waals surface area contributed by atoms with Crippen LogP contribution >= 0.6 is 15.9 Å². The van der Waals surface area contributed by atoms with E-state index < -0.39 is 6.04 Å². The molecule has 0 bridgehead atoms. The van der Waals surface area contributed by atoms with Crippen molar-refractivity contribution < 1.29 is 14.3 Å². The van der Waals surface area contributed by atoms with E-state index in [4.69, 9.17) is 4.74 Å². The number of halogens is 1. The lowest BCUT2D eigenvalue weighted by molar-refractivity contribution is -0.142. The van der Waals surface area contributed by atoms with Crippen LogP contribution < -0.4 is 10.1 Å². The van der Waals surface area contributed by atoms with E-state index in [-0.39, 0.29) is 18.4 Å². The number of hydrogen-bond donors (Lipinski definition) is 1. The first-order valence-electron chi connectivity index (χ1n) is 10.6. The molecule has 3 rings (SSSR count). The lowest BCUT2D eigenvalue weighted by atomic mass is 10.0. The lowest BCUT2D eigenvalue weighted by Crippen LogP contribution is -2.51. The number of benzene rings is 3. The van der Waals surface area contributed by atoms with E-state index in [9.17, 15) is 9.59 Å². The Balaban J connectivity index is 1.87. The SMILES string of the molecule is CCNC(=O)[C@H](Cc1ccccc1)N(Cc1ccc(Br)cc1)C(=O)COc1ccccc1. The molecule has 0 radical (unpaired) electrons. The van der Waals surface area contributed by atoms with Gasteiger partial charge >= 0.3 is 0 Å². The third-order valence-corrected chi connectivity index (χ3v) is 5.52. The molecule has 0 aromatic heterocycles. The second kappa shape index (κ2) is 12.1. The summed E-state index contributed by atoms with van der Waals surface area (Å²) in [6.07, 6.45) is 0.417. The molecule has 0 unspecified atom stereocenters. The Morgan fingerprint density at radius 3 is 2.16 bits per heavy atom. The number of hydrogen-bond acceptors (Lipinski definition) is 3. The zero-order valence-corrected chi connectivity index (χ0v) is 19.6. The maximum Gasteiger partial charge on any atom is 0.261 e. The van der Waals surface area contributed by atoms with Gasteiger partial charge in [-0.15, -0.1) is 0 Å². The van der Waals surface area contributed by atoms with E-state index in [0.29, 0.717) is 25.3 Å². The minimum atomic E-state index is -0.659. The number of carbonyl (C=O) groups is 2. The normalized spacial score (nSPS) is 11.4. The van der Waals surface area contributed by atoms with E-state index in [1.54, 1.807) is 17.0 Å². The summed E-state index contributed by atoms with van der Waals surface area (Å²) in [4.78, 5) is 28.0. The average Bonchev–Trinajstić information content (AvgIpc) is 2.82. The smallest absolute Gasteiger partial charge is 0.261 e. The first-order valence-corrected chi connectivity index (χ1v) is 11.4. The number of rotatable bonds is 10. The predicted molar refractivity (Wildman–Crippen MR) is 129 cm³/mol. The van der Waals surface area contributed by atoms with Crippen molar-refractivity contribution in [2.45, 2.75) is 25.9 Å². The molecule has 1 N–H and O–H groups in total. The molecular weight excluding hydrogens is 468 g/mol. The van der Waals surface area contributed by atoms with Crippen molar-refractivity contribution in [1.82, 2.24) is 10.2 Å². The van der Waals surface area contributed by atoms with Gasteiger partial charge < -0.3 is 15.0 Å². The van der Waals surface area contributed by atoms with Gasteiger partial charge in [-0.3, -0.25) is 9.59 Å². The van der Waals surface area contributed by atoms with E-state index in [1.165, 1.54) is 0 Å². The minimum absolute atomic E-state index is 0.148. The van der Waals surface area contributed by atoms with E-state index in [1.807, 2.05) is 79.7 Å². The van der Waals surface area contributed by atoms with Crippen molar-refractivity contribution in [2.75, 3.05) is 13.2 Å². The zero-order chi connectivity index (χ0) is 22.8. The molecule has 1 atom stereocenters. The number of para-hydroxylation sites is 1. The molecule has 3 aromatic rings. The van der Waals surface area contributed by atoms with Crippen LogP contribution in [0.1, 0.15) is 18.1 Å². The number of carbonyl (C=O) groups excluding carboxylic acids is 2. The van der Waals surface area contributed by atoms with Crippen molar-refractivity contribution >= 4 is 27.7 Å². The molecule has 0 aliphatic carbocycles. The monoisotopic (exact) mass is 494 g/mol. The van der Waals surface area contributed by atoms with Gasteiger partial charge in [-0.2, -0.15) is 0 Å². The van der Waals surface area contributed by atoms with Crippen LogP contribution in [0.2, 0.25) is 0 Å². The fraction of sp³-hybridized carbons (Fsp3) is 0.231. The van der Waals surface area contributed by atoms with Crippen LogP contribution in [0.4, 0.5) is 0 Å². The molecule has 0 saturated heterocycles. The molecule has 0 heterocycles. The van der Waals surface area contributed by atoms with Gasteiger partial charge in [-0.1, -0.05) is 76.6 Å². The van der Waals surface area contributed by atoms with Gasteiger partial charge in [-0.05, 0) is 42.3 Å². The number of nitrogens with zero attached hydrogens (tertiary/aromatic N) is 1. The molecule has 0 aliphatic heterocycles. The average molecular weight is 495 g/mol. The van der Waals surface area contributed by atoms with Crippen LogP contribution in [0.25, 0.3) is 0 Å². The summed E-state index contributed by atoms with van der Waals surface area (Å²) in [7, 11) is 0. The van der Waals surface area contributed by atoms with E-state index in [2.05, 4.69) is 21.2 Å². The van der Waals surface area contributed by atoms with Gasteiger partial charge in [0.2, 0.25) is 5.91 Å². The second-order valence-corrected chi connectivity index (χ2v) is 8.27. The summed E-state index contributed by atoms with van der Waals surface area (Å²) in [5.74, 6) is 0.188. The Kier molecular flexibility index (Phi) is 8.87. The van der Waals surface area contributed by atoms with Crippen molar-refractivity contribution in [3.63, 3.8) is 0 Å². The van der Waals surface area contributed by atoms with Gasteiger partial charge in [-0.25, -0.2) is 0 Å². The Morgan fingerprint density at radius 2 is 1.53 bits per heavy atom. The van der Waals surface area contributed by atoms with Gasteiger partial charge in [0.25, 0.3) is 5.91 Å². The fourth-order valence-corrected chi connectivity index (χ4v) is 3.64. The van der Waals surface area contributed by atoms with Crippen LogP contribution in [0.3, 0.4) is 0 Å². The maximum atomic E-state index is 13.3. The summed E-state index contributed by atoms with van der Waals surface area (Å²) in [5, 5.41) is 2.89. The second-order valence-electron chi connectivity index (χ2n) is 7.35. The van der Waals surface area contributed by atoms with Gasteiger partial charge in [0.1, 0.15) is 11.8 Å². The molecule has 166 valence electrons. The van der Waals surface area contributed by atoms with E-state index in [0.717, 1.165) is 15.6 Å². The quantitative estimate of drug-likeness (QED) is 0.447. The van der Waals surface area contributed by atoms with Crippen LogP contribution in [0, 0.1) is 0 Å². The first kappa shape index (κ1) is 23.5. The fourth-order valence-electron chi connectivity index (χ4n) is 3.38. The molecule has 5 nitrogen and oxygen atoms in total. The summed E-state index contributed by atoms with van der Waals surface area (Å²) >= 11 is 3.44. The highest BCUT2D eigenvalue weighted by Crippen LogP contribution is 2.18. The molecule has 6 heteroatoms. The Hall–Kier alpha value is -3.12. The molecule has 0 spiro atoms. The van der Waals surface area contributed by atoms with Crippen molar-refractivity contribution in [1.29, 1.82) is 0 Å². The largest absolute Gasteiger partial charge is 0.484 e. The summed E-state index contributed by atoms with van der Waals surface area (Å²) in [6.45, 7) is 2.52. The molecule has 0 fully saturated rings. The number of amides is 2. The van der Waals surface area contributed by atoms with Crippen molar-refractivity contribution in [2.24, 2.45) is 0 Å².